The second kappa shape index (κ2) is 2.76. The minimum atomic E-state index is -0.410. The minimum Gasteiger partial charge on any atom is -0.468 e. The van der Waals surface area contributed by atoms with Gasteiger partial charge in [0.15, 0.2) is 0 Å². The summed E-state index contributed by atoms with van der Waals surface area (Å²) in [6.45, 7) is 6.83. The summed E-state index contributed by atoms with van der Waals surface area (Å²) in [6, 6.07) is -0.410. The Hall–Kier alpha value is -0.570. The van der Waals surface area contributed by atoms with Crippen LogP contribution >= 0.6 is 0 Å². The van der Waals surface area contributed by atoms with Crippen LogP contribution in [-0.4, -0.2) is 19.1 Å². The maximum Gasteiger partial charge on any atom is 0.323 e. The SMILES string of the molecule is COC(=O)[C@@H](N)C12CC(C(C)(C)C)(C1)C2. The smallest absolute Gasteiger partial charge is 0.323 e. The largest absolute Gasteiger partial charge is 0.468 e. The van der Waals surface area contributed by atoms with E-state index in [-0.39, 0.29) is 11.4 Å². The van der Waals surface area contributed by atoms with Crippen molar-refractivity contribution >= 4 is 5.97 Å². The highest BCUT2D eigenvalue weighted by molar-refractivity contribution is 5.77. The van der Waals surface area contributed by atoms with Gasteiger partial charge in [0, 0.05) is 0 Å². The van der Waals surface area contributed by atoms with Crippen LogP contribution in [0.2, 0.25) is 0 Å². The van der Waals surface area contributed by atoms with Crippen LogP contribution < -0.4 is 5.73 Å². The molecule has 3 rings (SSSR count). The molecule has 2 N–H and O–H groups in total. The molecule has 0 unspecified atom stereocenters. The normalized spacial score (nSPS) is 40.1. The van der Waals surface area contributed by atoms with E-state index in [0.717, 1.165) is 19.3 Å². The number of hydrogen-bond acceptors (Lipinski definition) is 3. The minimum absolute atomic E-state index is 0.0698. The van der Waals surface area contributed by atoms with Gasteiger partial charge in [0.05, 0.1) is 7.11 Å². The average molecular weight is 211 g/mol. The van der Waals surface area contributed by atoms with Crippen molar-refractivity contribution in [3.05, 3.63) is 0 Å². The highest BCUT2D eigenvalue weighted by Gasteiger charge is 2.74. The predicted molar refractivity (Wildman–Crippen MR) is 58.2 cm³/mol. The fourth-order valence-corrected chi connectivity index (χ4v) is 3.37. The molecule has 0 aromatic carbocycles. The standard InChI is InChI=1S/C12H21NO2/c1-10(2,3)12-5-11(6-12,7-12)8(13)9(14)15-4/h8H,5-7,13H2,1-4H3/t8-,11?,12?/m1/s1. The maximum absolute atomic E-state index is 11.4. The summed E-state index contributed by atoms with van der Waals surface area (Å²) in [5.74, 6) is -0.253. The molecule has 2 bridgehead atoms. The Morgan fingerprint density at radius 1 is 1.33 bits per heavy atom. The van der Waals surface area contributed by atoms with E-state index in [1.165, 1.54) is 7.11 Å². The summed E-state index contributed by atoms with van der Waals surface area (Å²) in [6.07, 6.45) is 3.29. The van der Waals surface area contributed by atoms with Crippen molar-refractivity contribution in [3.8, 4) is 0 Å². The van der Waals surface area contributed by atoms with Gasteiger partial charge in [-0.1, -0.05) is 20.8 Å². The van der Waals surface area contributed by atoms with Crippen molar-refractivity contribution in [2.24, 2.45) is 22.0 Å². The molecular weight excluding hydrogens is 190 g/mol. The molecule has 3 aliphatic carbocycles. The van der Waals surface area contributed by atoms with Gasteiger partial charge >= 0.3 is 5.97 Å². The lowest BCUT2D eigenvalue weighted by atomic mass is 9.28. The fraction of sp³-hybridized carbons (Fsp3) is 0.917. The lowest BCUT2D eigenvalue weighted by Gasteiger charge is -2.76. The van der Waals surface area contributed by atoms with Gasteiger partial charge < -0.3 is 10.5 Å². The molecule has 3 heteroatoms. The number of carbonyl (C=O) groups excluding carboxylic acids is 1. The number of rotatable bonds is 2. The second-order valence-corrected chi connectivity index (χ2v) is 6.42. The van der Waals surface area contributed by atoms with E-state index in [1.807, 2.05) is 0 Å². The number of nitrogens with two attached hydrogens (primary N) is 1. The Morgan fingerprint density at radius 2 is 1.80 bits per heavy atom. The topological polar surface area (TPSA) is 52.3 Å². The van der Waals surface area contributed by atoms with Gasteiger partial charge in [-0.05, 0) is 35.5 Å². The Kier molecular flexibility index (Phi) is 2.01. The number of methoxy groups -OCH3 is 1. The first-order valence-electron chi connectivity index (χ1n) is 5.60. The Morgan fingerprint density at radius 3 is 2.13 bits per heavy atom. The first-order valence-corrected chi connectivity index (χ1v) is 5.60. The molecule has 0 radical (unpaired) electrons. The molecule has 0 aromatic rings. The van der Waals surface area contributed by atoms with Crippen LogP contribution in [0.3, 0.4) is 0 Å². The van der Waals surface area contributed by atoms with Crippen LogP contribution in [0.15, 0.2) is 0 Å². The van der Waals surface area contributed by atoms with Crippen molar-refractivity contribution in [2.45, 2.75) is 46.1 Å². The van der Waals surface area contributed by atoms with E-state index in [1.54, 1.807) is 0 Å². The molecule has 3 fully saturated rings. The summed E-state index contributed by atoms with van der Waals surface area (Å²) in [5.41, 5.74) is 6.78. The zero-order valence-electron chi connectivity index (χ0n) is 10.1. The van der Waals surface area contributed by atoms with Gasteiger partial charge in [-0.3, -0.25) is 4.79 Å². The first-order chi connectivity index (χ1) is 6.76. The van der Waals surface area contributed by atoms with Crippen LogP contribution in [0.4, 0.5) is 0 Å². The maximum atomic E-state index is 11.4. The van der Waals surface area contributed by atoms with E-state index in [4.69, 9.17) is 10.5 Å². The molecule has 3 nitrogen and oxygen atoms in total. The zero-order chi connectivity index (χ0) is 11.5. The van der Waals surface area contributed by atoms with Crippen molar-refractivity contribution in [1.82, 2.24) is 0 Å². The van der Waals surface area contributed by atoms with Gasteiger partial charge in [-0.15, -0.1) is 0 Å². The van der Waals surface area contributed by atoms with Gasteiger partial charge in [0.2, 0.25) is 0 Å². The monoisotopic (exact) mass is 211 g/mol. The number of esters is 1. The van der Waals surface area contributed by atoms with E-state index < -0.39 is 6.04 Å². The summed E-state index contributed by atoms with van der Waals surface area (Å²) >= 11 is 0. The van der Waals surface area contributed by atoms with Gasteiger partial charge in [-0.25, -0.2) is 0 Å². The lowest BCUT2D eigenvalue weighted by molar-refractivity contribution is -0.268. The lowest BCUT2D eigenvalue weighted by Crippen LogP contribution is -2.73. The molecule has 15 heavy (non-hydrogen) atoms. The van der Waals surface area contributed by atoms with Crippen molar-refractivity contribution in [1.29, 1.82) is 0 Å². The number of ether oxygens (including phenoxy) is 1. The third kappa shape index (κ3) is 1.19. The molecule has 3 saturated carbocycles. The van der Waals surface area contributed by atoms with E-state index in [9.17, 15) is 4.79 Å². The predicted octanol–water partition coefficient (Wildman–Crippen LogP) is 1.70. The van der Waals surface area contributed by atoms with Crippen LogP contribution in [0.5, 0.6) is 0 Å². The molecule has 0 saturated heterocycles. The van der Waals surface area contributed by atoms with Gasteiger partial charge in [0.1, 0.15) is 6.04 Å². The van der Waals surface area contributed by atoms with E-state index >= 15 is 0 Å². The average Bonchev–Trinajstić information content (AvgIpc) is 1.94. The van der Waals surface area contributed by atoms with Crippen LogP contribution in [0.25, 0.3) is 0 Å². The van der Waals surface area contributed by atoms with Crippen LogP contribution in [0, 0.1) is 16.2 Å². The first kappa shape index (κ1) is 10.9. The molecule has 0 aliphatic heterocycles. The van der Waals surface area contributed by atoms with Crippen molar-refractivity contribution in [3.63, 3.8) is 0 Å². The summed E-state index contributed by atoms with van der Waals surface area (Å²) < 4.78 is 4.71. The molecule has 0 spiro atoms. The van der Waals surface area contributed by atoms with Crippen molar-refractivity contribution in [2.75, 3.05) is 7.11 Å². The molecule has 0 amide bonds. The number of hydrogen-bond donors (Lipinski definition) is 1. The highest BCUT2D eigenvalue weighted by Crippen LogP contribution is 2.79. The molecule has 0 heterocycles. The fourth-order valence-electron chi connectivity index (χ4n) is 3.37. The van der Waals surface area contributed by atoms with Gasteiger partial charge in [-0.2, -0.15) is 0 Å². The molecule has 1 atom stereocenters. The Balaban J connectivity index is 2.01. The van der Waals surface area contributed by atoms with Crippen LogP contribution in [-0.2, 0) is 9.53 Å². The Bertz CT molecular complexity index is 283. The third-order valence-electron chi connectivity index (χ3n) is 4.78. The molecule has 86 valence electrons. The van der Waals surface area contributed by atoms with E-state index in [0.29, 0.717) is 10.8 Å². The highest BCUT2D eigenvalue weighted by atomic mass is 16.5. The third-order valence-corrected chi connectivity index (χ3v) is 4.78. The summed E-state index contributed by atoms with van der Waals surface area (Å²) in [7, 11) is 1.41. The quantitative estimate of drug-likeness (QED) is 0.707. The molecule has 0 aromatic heterocycles. The van der Waals surface area contributed by atoms with Crippen molar-refractivity contribution < 1.29 is 9.53 Å². The second-order valence-electron chi connectivity index (χ2n) is 6.42. The summed E-state index contributed by atoms with van der Waals surface area (Å²) in [4.78, 5) is 11.4. The van der Waals surface area contributed by atoms with Crippen LogP contribution in [0.1, 0.15) is 40.0 Å². The van der Waals surface area contributed by atoms with Gasteiger partial charge in [0.25, 0.3) is 0 Å². The summed E-state index contributed by atoms with van der Waals surface area (Å²) in [5, 5.41) is 0. The Labute approximate surface area is 91.4 Å². The molecular formula is C12H21NO2. The zero-order valence-corrected chi connectivity index (χ0v) is 10.1. The number of carbonyl (C=O) groups is 1. The molecule has 3 aliphatic rings. The van der Waals surface area contributed by atoms with E-state index in [2.05, 4.69) is 20.8 Å².